The fourth-order valence-electron chi connectivity index (χ4n) is 4.03. The summed E-state index contributed by atoms with van der Waals surface area (Å²) in [5.74, 6) is -2.87. The van der Waals surface area contributed by atoms with Crippen molar-refractivity contribution in [2.45, 2.75) is 36.7 Å². The van der Waals surface area contributed by atoms with Crippen LogP contribution in [-0.4, -0.2) is 50.7 Å². The number of rotatable bonds is 9. The van der Waals surface area contributed by atoms with Crippen molar-refractivity contribution in [3.05, 3.63) is 102 Å². The molecule has 1 saturated heterocycles. The molecule has 0 radical (unpaired) electrons. The summed E-state index contributed by atoms with van der Waals surface area (Å²) in [6, 6.07) is 6.46. The third-order valence-electron chi connectivity index (χ3n) is 6.01. The molecule has 196 valence electrons. The molecule has 1 aromatic heterocycles. The Labute approximate surface area is 213 Å². The van der Waals surface area contributed by atoms with Gasteiger partial charge in [-0.25, -0.2) is 27.2 Å². The first-order valence-electron chi connectivity index (χ1n) is 11.5. The molecule has 3 aromatic rings. The SMILES string of the molecule is C[C@@H](PC1COC(/C=C/C=C/c2ccc(F)cc2F)OC1)[C@](O)(Cn1cncn1)c1ccc(F)cc1F. The maximum atomic E-state index is 14.7. The van der Waals surface area contributed by atoms with Crippen molar-refractivity contribution in [2.24, 2.45) is 0 Å². The number of benzene rings is 2. The van der Waals surface area contributed by atoms with Gasteiger partial charge < -0.3 is 14.6 Å². The molecule has 0 saturated carbocycles. The Balaban J connectivity index is 1.36. The molecule has 0 bridgehead atoms. The summed E-state index contributed by atoms with van der Waals surface area (Å²) in [5.41, 5.74) is -1.96. The van der Waals surface area contributed by atoms with E-state index in [1.165, 1.54) is 41.6 Å². The Morgan fingerprint density at radius 1 is 1.08 bits per heavy atom. The zero-order chi connectivity index (χ0) is 26.4. The van der Waals surface area contributed by atoms with Gasteiger partial charge in [-0.2, -0.15) is 5.10 Å². The molecular weight excluding hydrogens is 509 g/mol. The Hall–Kier alpha value is -2.91. The van der Waals surface area contributed by atoms with Crippen LogP contribution in [0.15, 0.2) is 67.3 Å². The third kappa shape index (κ3) is 6.90. The van der Waals surface area contributed by atoms with Crippen LogP contribution in [-0.2, 0) is 21.6 Å². The highest BCUT2D eigenvalue weighted by Gasteiger charge is 2.40. The summed E-state index contributed by atoms with van der Waals surface area (Å²) in [5, 5.41) is 15.7. The minimum Gasteiger partial charge on any atom is -0.382 e. The van der Waals surface area contributed by atoms with Crippen molar-refractivity contribution in [2.75, 3.05) is 13.2 Å². The number of halogens is 4. The zero-order valence-corrected chi connectivity index (χ0v) is 20.9. The number of aromatic nitrogens is 3. The second kappa shape index (κ2) is 12.1. The summed E-state index contributed by atoms with van der Waals surface area (Å²) in [7, 11) is 0.125. The number of hydrogen-bond donors (Lipinski definition) is 1. The molecule has 3 atom stereocenters. The minimum absolute atomic E-state index is 0.0211. The Kier molecular flexibility index (Phi) is 8.87. The predicted molar refractivity (Wildman–Crippen MR) is 132 cm³/mol. The zero-order valence-electron chi connectivity index (χ0n) is 19.9. The first kappa shape index (κ1) is 27.1. The lowest BCUT2D eigenvalue weighted by Gasteiger charge is -2.38. The quantitative estimate of drug-likeness (QED) is 0.242. The van der Waals surface area contributed by atoms with Crippen LogP contribution in [0.4, 0.5) is 17.6 Å². The van der Waals surface area contributed by atoms with E-state index in [0.717, 1.165) is 18.2 Å². The van der Waals surface area contributed by atoms with Crippen LogP contribution >= 0.6 is 8.58 Å². The van der Waals surface area contributed by atoms with Crippen LogP contribution in [0.1, 0.15) is 18.1 Å². The van der Waals surface area contributed by atoms with Crippen molar-refractivity contribution >= 4 is 14.7 Å². The van der Waals surface area contributed by atoms with E-state index in [-0.39, 0.29) is 31.9 Å². The highest BCUT2D eigenvalue weighted by molar-refractivity contribution is 7.40. The van der Waals surface area contributed by atoms with Gasteiger partial charge in [0.05, 0.1) is 19.8 Å². The Morgan fingerprint density at radius 2 is 1.78 bits per heavy atom. The second-order valence-corrected chi connectivity index (χ2v) is 10.7. The first-order chi connectivity index (χ1) is 17.7. The molecule has 0 spiro atoms. The summed E-state index contributed by atoms with van der Waals surface area (Å²) < 4.78 is 67.9. The van der Waals surface area contributed by atoms with Crippen LogP contribution in [0.5, 0.6) is 0 Å². The van der Waals surface area contributed by atoms with E-state index in [0.29, 0.717) is 13.2 Å². The van der Waals surface area contributed by atoms with Crippen molar-refractivity contribution in [3.8, 4) is 0 Å². The lowest BCUT2D eigenvalue weighted by atomic mass is 9.90. The molecule has 2 heterocycles. The molecule has 1 N–H and O–H groups in total. The van der Waals surface area contributed by atoms with Gasteiger partial charge in [0.1, 0.15) is 41.5 Å². The van der Waals surface area contributed by atoms with Crippen LogP contribution in [0, 0.1) is 23.3 Å². The van der Waals surface area contributed by atoms with Gasteiger partial charge in [0, 0.05) is 34.6 Å². The van der Waals surface area contributed by atoms with E-state index in [9.17, 15) is 22.7 Å². The third-order valence-corrected chi connectivity index (χ3v) is 7.79. The normalized spacial score (nSPS) is 21.2. The highest BCUT2D eigenvalue weighted by atomic mass is 31.1. The van der Waals surface area contributed by atoms with Crippen LogP contribution in [0.2, 0.25) is 0 Å². The lowest BCUT2D eigenvalue weighted by Crippen LogP contribution is -2.43. The van der Waals surface area contributed by atoms with Gasteiger partial charge in [-0.1, -0.05) is 31.2 Å². The fraction of sp³-hybridized carbons (Fsp3) is 0.308. The minimum atomic E-state index is -1.68. The number of allylic oxidation sites excluding steroid dienone is 2. The maximum absolute atomic E-state index is 14.7. The van der Waals surface area contributed by atoms with Gasteiger partial charge >= 0.3 is 0 Å². The monoisotopic (exact) mass is 535 g/mol. The van der Waals surface area contributed by atoms with Gasteiger partial charge in [-0.05, 0) is 24.3 Å². The molecule has 1 unspecified atom stereocenters. The van der Waals surface area contributed by atoms with E-state index in [2.05, 4.69) is 10.1 Å². The number of hydrogen-bond acceptors (Lipinski definition) is 5. The molecule has 4 rings (SSSR count). The van der Waals surface area contributed by atoms with Crippen LogP contribution < -0.4 is 0 Å². The van der Waals surface area contributed by atoms with Crippen molar-refractivity contribution in [1.82, 2.24) is 14.8 Å². The standard InChI is InChI=1S/C26H26F4N3O3P/c1-17(26(34,14-33-16-31-15-32-33)22-9-8-20(28)11-24(22)30)37-21-12-35-25(36-13-21)5-3-2-4-18-6-7-19(27)10-23(18)29/h2-11,15-17,21,25,34,37H,12-14H2,1H3/b4-2+,5-3+/t17-,21?,25?,26-/m1/s1. The topological polar surface area (TPSA) is 69.4 Å². The molecule has 6 nitrogen and oxygen atoms in total. The largest absolute Gasteiger partial charge is 0.382 e. The molecule has 1 aliphatic rings. The number of ether oxygens (including phenoxy) is 2. The Bertz CT molecular complexity index is 1250. The van der Waals surface area contributed by atoms with Crippen molar-refractivity contribution < 1.29 is 32.1 Å². The number of nitrogens with zero attached hydrogens (tertiary/aromatic N) is 3. The average Bonchev–Trinajstić information content (AvgIpc) is 3.36. The van der Waals surface area contributed by atoms with Gasteiger partial charge in [0.25, 0.3) is 0 Å². The molecule has 37 heavy (non-hydrogen) atoms. The summed E-state index contributed by atoms with van der Waals surface area (Å²) in [6.45, 7) is 2.42. The smallest absolute Gasteiger partial charge is 0.177 e. The highest BCUT2D eigenvalue weighted by Crippen LogP contribution is 2.42. The fourth-order valence-corrected chi connectivity index (χ4v) is 5.64. The van der Waals surface area contributed by atoms with E-state index in [4.69, 9.17) is 9.47 Å². The average molecular weight is 535 g/mol. The molecule has 0 amide bonds. The van der Waals surface area contributed by atoms with E-state index in [1.807, 2.05) is 0 Å². The Morgan fingerprint density at radius 3 is 2.43 bits per heavy atom. The van der Waals surface area contributed by atoms with E-state index < -0.39 is 40.8 Å². The number of aliphatic hydroxyl groups is 1. The van der Waals surface area contributed by atoms with Gasteiger partial charge in [0.15, 0.2) is 6.29 Å². The predicted octanol–water partition coefficient (Wildman–Crippen LogP) is 4.80. The molecule has 2 aromatic carbocycles. The molecule has 0 aliphatic carbocycles. The first-order valence-corrected chi connectivity index (χ1v) is 12.7. The van der Waals surface area contributed by atoms with Gasteiger partial charge in [-0.3, -0.25) is 0 Å². The van der Waals surface area contributed by atoms with Crippen molar-refractivity contribution in [1.29, 1.82) is 0 Å². The van der Waals surface area contributed by atoms with Crippen LogP contribution in [0.25, 0.3) is 6.08 Å². The summed E-state index contributed by atoms with van der Waals surface area (Å²) in [6.07, 6.45) is 8.54. The molecule has 1 fully saturated rings. The molecular formula is C26H26F4N3O3P. The van der Waals surface area contributed by atoms with Gasteiger partial charge in [-0.15, -0.1) is 8.58 Å². The lowest BCUT2D eigenvalue weighted by molar-refractivity contribution is -0.147. The van der Waals surface area contributed by atoms with E-state index in [1.54, 1.807) is 25.2 Å². The van der Waals surface area contributed by atoms with Gasteiger partial charge in [0.2, 0.25) is 0 Å². The maximum Gasteiger partial charge on any atom is 0.177 e. The van der Waals surface area contributed by atoms with Crippen LogP contribution in [0.3, 0.4) is 0 Å². The molecule has 1 aliphatic heterocycles. The summed E-state index contributed by atoms with van der Waals surface area (Å²) >= 11 is 0. The molecule has 11 heteroatoms. The second-order valence-electron chi connectivity index (χ2n) is 8.67. The van der Waals surface area contributed by atoms with Crippen molar-refractivity contribution in [3.63, 3.8) is 0 Å². The summed E-state index contributed by atoms with van der Waals surface area (Å²) in [4.78, 5) is 3.88. The van der Waals surface area contributed by atoms with E-state index >= 15 is 0 Å².